The number of rotatable bonds is 5. The Morgan fingerprint density at radius 3 is 2.48 bits per heavy atom. The quantitative estimate of drug-likeness (QED) is 0.908. The number of fused-ring (bicyclic) bond motifs is 1. The second-order valence-electron chi connectivity index (χ2n) is 6.10. The molecule has 0 saturated carbocycles. The molecular formula is C20H24N2O3. The molecule has 0 fully saturated rings. The number of nitrogens with two attached hydrogens (primary N) is 1. The van der Waals surface area contributed by atoms with Gasteiger partial charge >= 0.3 is 0 Å². The molecule has 1 aliphatic heterocycles. The maximum absolute atomic E-state index is 12.7. The molecule has 1 heterocycles. The lowest BCUT2D eigenvalue weighted by Crippen LogP contribution is -2.41. The second-order valence-corrected chi connectivity index (χ2v) is 6.10. The monoisotopic (exact) mass is 340 g/mol. The Labute approximate surface area is 148 Å². The topological polar surface area (TPSA) is 64.8 Å². The zero-order chi connectivity index (χ0) is 17.8. The van der Waals surface area contributed by atoms with Crippen molar-refractivity contribution in [2.75, 3.05) is 27.3 Å². The molecule has 2 aromatic carbocycles. The van der Waals surface area contributed by atoms with E-state index >= 15 is 0 Å². The van der Waals surface area contributed by atoms with Crippen LogP contribution in [0.15, 0.2) is 42.5 Å². The van der Waals surface area contributed by atoms with Crippen molar-refractivity contribution in [3.8, 4) is 11.5 Å². The summed E-state index contributed by atoms with van der Waals surface area (Å²) in [7, 11) is 3.26. The fourth-order valence-corrected chi connectivity index (χ4v) is 3.48. The van der Waals surface area contributed by atoms with Gasteiger partial charge in [0.1, 0.15) is 0 Å². The molecule has 0 aromatic heterocycles. The van der Waals surface area contributed by atoms with Gasteiger partial charge in [-0.3, -0.25) is 4.79 Å². The molecule has 5 heteroatoms. The Bertz CT molecular complexity index is 746. The van der Waals surface area contributed by atoms with E-state index < -0.39 is 0 Å². The van der Waals surface area contributed by atoms with Gasteiger partial charge in [-0.1, -0.05) is 30.3 Å². The molecule has 0 bridgehead atoms. The lowest BCUT2D eigenvalue weighted by atomic mass is 9.87. The number of ether oxygens (including phenoxy) is 2. The van der Waals surface area contributed by atoms with E-state index in [1.165, 1.54) is 5.56 Å². The average Bonchev–Trinajstić information content (AvgIpc) is 2.66. The van der Waals surface area contributed by atoms with Crippen LogP contribution in [0.2, 0.25) is 0 Å². The summed E-state index contributed by atoms with van der Waals surface area (Å²) in [6.45, 7) is 1.02. The first kappa shape index (κ1) is 17.3. The third-order valence-corrected chi connectivity index (χ3v) is 4.67. The van der Waals surface area contributed by atoms with E-state index in [9.17, 15) is 4.79 Å². The highest BCUT2D eigenvalue weighted by molar-refractivity contribution is 5.78. The van der Waals surface area contributed by atoms with Crippen LogP contribution >= 0.6 is 0 Å². The Balaban J connectivity index is 2.12. The van der Waals surface area contributed by atoms with E-state index in [2.05, 4.69) is 12.1 Å². The molecule has 2 aromatic rings. The standard InChI is InChI=1S/C20H24N2O3/c1-24-17-12-15-9-11-22(19(23)8-10-21)20(14-6-4-3-5-7-14)16(15)13-18(17)25-2/h3-7,12-13,20H,8-11,21H2,1-2H3/t20-/m0/s1. The number of nitrogens with zero attached hydrogens (tertiary/aromatic N) is 1. The smallest absolute Gasteiger partial charge is 0.224 e. The summed E-state index contributed by atoms with van der Waals surface area (Å²) >= 11 is 0. The van der Waals surface area contributed by atoms with Crippen LogP contribution in [0.4, 0.5) is 0 Å². The van der Waals surface area contributed by atoms with E-state index in [1.807, 2.05) is 35.2 Å². The van der Waals surface area contributed by atoms with Gasteiger partial charge in [0, 0.05) is 19.5 Å². The molecular weight excluding hydrogens is 316 g/mol. The molecule has 0 aliphatic carbocycles. The third kappa shape index (κ3) is 3.33. The van der Waals surface area contributed by atoms with Crippen LogP contribution in [-0.4, -0.2) is 38.1 Å². The summed E-state index contributed by atoms with van der Waals surface area (Å²) in [4.78, 5) is 14.6. The Morgan fingerprint density at radius 2 is 1.84 bits per heavy atom. The van der Waals surface area contributed by atoms with Gasteiger partial charge in [0.15, 0.2) is 11.5 Å². The van der Waals surface area contributed by atoms with Crippen molar-refractivity contribution in [1.29, 1.82) is 0 Å². The number of carbonyl (C=O) groups excluding carboxylic acids is 1. The highest BCUT2D eigenvalue weighted by Gasteiger charge is 2.32. The number of hydrogen-bond donors (Lipinski definition) is 1. The van der Waals surface area contributed by atoms with Crippen LogP contribution < -0.4 is 15.2 Å². The number of carbonyl (C=O) groups is 1. The highest BCUT2D eigenvalue weighted by Crippen LogP contribution is 2.41. The molecule has 25 heavy (non-hydrogen) atoms. The van der Waals surface area contributed by atoms with Crippen molar-refractivity contribution >= 4 is 5.91 Å². The van der Waals surface area contributed by atoms with Crippen LogP contribution in [0, 0.1) is 0 Å². The minimum atomic E-state index is -0.135. The molecule has 1 amide bonds. The highest BCUT2D eigenvalue weighted by atomic mass is 16.5. The van der Waals surface area contributed by atoms with Gasteiger partial charge in [0.2, 0.25) is 5.91 Å². The molecule has 3 rings (SSSR count). The van der Waals surface area contributed by atoms with E-state index in [4.69, 9.17) is 15.2 Å². The minimum absolute atomic E-state index is 0.0804. The predicted octanol–water partition coefficient (Wildman–Crippen LogP) is 2.53. The van der Waals surface area contributed by atoms with Crippen LogP contribution in [0.3, 0.4) is 0 Å². The number of methoxy groups -OCH3 is 2. The van der Waals surface area contributed by atoms with Crippen LogP contribution in [0.5, 0.6) is 11.5 Å². The number of amides is 1. The normalized spacial score (nSPS) is 16.3. The molecule has 2 N–H and O–H groups in total. The zero-order valence-electron chi connectivity index (χ0n) is 14.7. The first-order valence-electron chi connectivity index (χ1n) is 8.48. The van der Waals surface area contributed by atoms with E-state index in [1.54, 1.807) is 14.2 Å². The van der Waals surface area contributed by atoms with Gasteiger partial charge in [0.05, 0.1) is 20.3 Å². The van der Waals surface area contributed by atoms with Crippen LogP contribution in [-0.2, 0) is 11.2 Å². The van der Waals surface area contributed by atoms with E-state index in [0.717, 1.165) is 23.3 Å². The van der Waals surface area contributed by atoms with Crippen molar-refractivity contribution in [2.24, 2.45) is 5.73 Å². The molecule has 1 aliphatic rings. The third-order valence-electron chi connectivity index (χ3n) is 4.67. The van der Waals surface area contributed by atoms with Gasteiger partial charge < -0.3 is 20.1 Å². The minimum Gasteiger partial charge on any atom is -0.493 e. The van der Waals surface area contributed by atoms with Gasteiger partial charge in [-0.25, -0.2) is 0 Å². The fourth-order valence-electron chi connectivity index (χ4n) is 3.48. The van der Waals surface area contributed by atoms with Crippen molar-refractivity contribution in [2.45, 2.75) is 18.9 Å². The molecule has 0 unspecified atom stereocenters. The molecule has 132 valence electrons. The first-order chi connectivity index (χ1) is 12.2. The summed E-state index contributed by atoms with van der Waals surface area (Å²) in [6.07, 6.45) is 1.14. The fraction of sp³-hybridized carbons (Fsp3) is 0.350. The molecule has 0 saturated heterocycles. The number of benzene rings is 2. The number of hydrogen-bond acceptors (Lipinski definition) is 4. The lowest BCUT2D eigenvalue weighted by molar-refractivity contribution is -0.133. The average molecular weight is 340 g/mol. The second kappa shape index (κ2) is 7.57. The molecule has 0 spiro atoms. The van der Waals surface area contributed by atoms with Gasteiger partial charge in [-0.05, 0) is 35.2 Å². The van der Waals surface area contributed by atoms with Gasteiger partial charge in [-0.2, -0.15) is 0 Å². The predicted molar refractivity (Wildman–Crippen MR) is 96.9 cm³/mol. The zero-order valence-corrected chi connectivity index (χ0v) is 14.7. The van der Waals surface area contributed by atoms with Crippen molar-refractivity contribution < 1.29 is 14.3 Å². The summed E-state index contributed by atoms with van der Waals surface area (Å²) in [5, 5.41) is 0. The van der Waals surface area contributed by atoms with Crippen molar-refractivity contribution in [3.63, 3.8) is 0 Å². The molecule has 1 atom stereocenters. The summed E-state index contributed by atoms with van der Waals surface area (Å²) in [5.41, 5.74) is 8.97. The Morgan fingerprint density at radius 1 is 1.16 bits per heavy atom. The lowest BCUT2D eigenvalue weighted by Gasteiger charge is -2.38. The maximum Gasteiger partial charge on any atom is 0.224 e. The van der Waals surface area contributed by atoms with E-state index in [-0.39, 0.29) is 11.9 Å². The van der Waals surface area contributed by atoms with Crippen molar-refractivity contribution in [3.05, 3.63) is 59.2 Å². The largest absolute Gasteiger partial charge is 0.493 e. The van der Waals surface area contributed by atoms with Crippen LogP contribution in [0.1, 0.15) is 29.2 Å². The molecule has 5 nitrogen and oxygen atoms in total. The van der Waals surface area contributed by atoms with Crippen molar-refractivity contribution in [1.82, 2.24) is 4.90 Å². The first-order valence-corrected chi connectivity index (χ1v) is 8.48. The molecule has 0 radical (unpaired) electrons. The summed E-state index contributed by atoms with van der Waals surface area (Å²) in [6, 6.07) is 14.0. The van der Waals surface area contributed by atoms with Gasteiger partial charge in [-0.15, -0.1) is 0 Å². The van der Waals surface area contributed by atoms with Crippen LogP contribution in [0.25, 0.3) is 0 Å². The summed E-state index contributed by atoms with van der Waals surface area (Å²) < 4.78 is 10.9. The Kier molecular flexibility index (Phi) is 5.24. The van der Waals surface area contributed by atoms with Gasteiger partial charge in [0.25, 0.3) is 0 Å². The SMILES string of the molecule is COc1cc2c(cc1OC)[C@H](c1ccccc1)N(C(=O)CCN)CC2. The Hall–Kier alpha value is -2.53. The summed E-state index contributed by atoms with van der Waals surface area (Å²) in [5.74, 6) is 1.47. The maximum atomic E-state index is 12.7. The van der Waals surface area contributed by atoms with E-state index in [0.29, 0.717) is 25.3 Å².